The average Bonchev–Trinajstić information content (AvgIpc) is 2.57. The highest BCUT2D eigenvalue weighted by atomic mass is 32.2. The zero-order valence-corrected chi connectivity index (χ0v) is 10.6. The fraction of sp³-hybridized carbons (Fsp3) is 0.600. The van der Waals surface area contributed by atoms with Crippen LogP contribution in [0.3, 0.4) is 0 Å². The van der Waals surface area contributed by atoms with Gasteiger partial charge in [0, 0.05) is 23.1 Å². The van der Waals surface area contributed by atoms with Crippen LogP contribution in [-0.2, 0) is 0 Å². The number of nitrogen functional groups attached to an aromatic ring is 1. The van der Waals surface area contributed by atoms with Crippen LogP contribution < -0.4 is 11.1 Å². The van der Waals surface area contributed by atoms with Crippen molar-refractivity contribution in [3.63, 3.8) is 0 Å². The Balaban J connectivity index is 2.26. The number of hydrogen-bond donors (Lipinski definition) is 3. The quantitative estimate of drug-likeness (QED) is 0.694. The predicted octanol–water partition coefficient (Wildman–Crippen LogP) is 1.25. The SMILES string of the molecule is CC(C)(C)SCCNC(=O)c1cc(N)n[nH]1. The number of H-pyrrole nitrogens is 1. The van der Waals surface area contributed by atoms with E-state index in [1.807, 2.05) is 11.8 Å². The van der Waals surface area contributed by atoms with Crippen molar-refractivity contribution in [1.29, 1.82) is 0 Å². The number of aromatic nitrogens is 2. The van der Waals surface area contributed by atoms with Crippen LogP contribution in [0, 0.1) is 0 Å². The van der Waals surface area contributed by atoms with E-state index >= 15 is 0 Å². The number of aromatic amines is 1. The molecule has 0 saturated heterocycles. The number of nitrogens with two attached hydrogens (primary N) is 1. The first-order valence-electron chi connectivity index (χ1n) is 5.11. The van der Waals surface area contributed by atoms with E-state index in [-0.39, 0.29) is 10.7 Å². The fourth-order valence-corrected chi connectivity index (χ4v) is 1.89. The fourth-order valence-electron chi connectivity index (χ4n) is 1.07. The molecule has 5 nitrogen and oxygen atoms in total. The maximum atomic E-state index is 11.5. The summed E-state index contributed by atoms with van der Waals surface area (Å²) >= 11 is 1.81. The number of rotatable bonds is 4. The summed E-state index contributed by atoms with van der Waals surface area (Å²) in [6.07, 6.45) is 0. The summed E-state index contributed by atoms with van der Waals surface area (Å²) in [5.74, 6) is 1.05. The van der Waals surface area contributed by atoms with Gasteiger partial charge in [0.05, 0.1) is 0 Å². The van der Waals surface area contributed by atoms with Gasteiger partial charge in [-0.2, -0.15) is 16.9 Å². The zero-order chi connectivity index (χ0) is 12.2. The molecule has 0 fully saturated rings. The minimum Gasteiger partial charge on any atom is -0.382 e. The van der Waals surface area contributed by atoms with Crippen molar-refractivity contribution in [2.75, 3.05) is 18.0 Å². The Morgan fingerprint density at radius 1 is 1.62 bits per heavy atom. The molecule has 0 saturated carbocycles. The molecule has 6 heteroatoms. The Morgan fingerprint density at radius 3 is 2.81 bits per heavy atom. The molecule has 0 radical (unpaired) electrons. The Morgan fingerprint density at radius 2 is 2.31 bits per heavy atom. The molecule has 0 aliphatic rings. The molecule has 1 aromatic heterocycles. The minimum absolute atomic E-state index is 0.168. The van der Waals surface area contributed by atoms with E-state index in [0.29, 0.717) is 18.1 Å². The third-order valence-corrected chi connectivity index (χ3v) is 3.04. The van der Waals surface area contributed by atoms with E-state index in [1.165, 1.54) is 6.07 Å². The van der Waals surface area contributed by atoms with Crippen LogP contribution in [0.1, 0.15) is 31.3 Å². The molecule has 16 heavy (non-hydrogen) atoms. The number of hydrogen-bond acceptors (Lipinski definition) is 4. The Bertz CT molecular complexity index is 356. The lowest BCUT2D eigenvalue weighted by molar-refractivity contribution is 0.0951. The van der Waals surface area contributed by atoms with Crippen molar-refractivity contribution in [3.05, 3.63) is 11.8 Å². The van der Waals surface area contributed by atoms with E-state index in [4.69, 9.17) is 5.73 Å². The molecule has 1 amide bonds. The molecule has 90 valence electrons. The Hall–Kier alpha value is -1.17. The lowest BCUT2D eigenvalue weighted by Gasteiger charge is -2.17. The number of thioether (sulfide) groups is 1. The lowest BCUT2D eigenvalue weighted by atomic mass is 10.3. The summed E-state index contributed by atoms with van der Waals surface area (Å²) in [5, 5.41) is 9.06. The summed E-state index contributed by atoms with van der Waals surface area (Å²) in [6, 6.07) is 1.52. The molecule has 0 aliphatic heterocycles. The van der Waals surface area contributed by atoms with Crippen LogP contribution in [0.4, 0.5) is 5.82 Å². The topological polar surface area (TPSA) is 83.8 Å². The van der Waals surface area contributed by atoms with Crippen LogP contribution in [0.2, 0.25) is 0 Å². The summed E-state index contributed by atoms with van der Waals surface area (Å²) in [7, 11) is 0. The maximum Gasteiger partial charge on any atom is 0.269 e. The monoisotopic (exact) mass is 242 g/mol. The van der Waals surface area contributed by atoms with E-state index in [9.17, 15) is 4.79 Å². The third-order valence-electron chi connectivity index (χ3n) is 1.76. The van der Waals surface area contributed by atoms with Crippen LogP contribution in [-0.4, -0.2) is 33.1 Å². The number of carbonyl (C=O) groups is 1. The highest BCUT2D eigenvalue weighted by molar-refractivity contribution is 8.00. The number of nitrogens with one attached hydrogen (secondary N) is 2. The molecule has 0 aromatic carbocycles. The Kier molecular flexibility index (Phi) is 4.23. The molecule has 4 N–H and O–H groups in total. The van der Waals surface area contributed by atoms with Crippen molar-refractivity contribution in [2.45, 2.75) is 25.5 Å². The average molecular weight is 242 g/mol. The standard InChI is InChI=1S/C10H18N4OS/c1-10(2,3)16-5-4-12-9(15)7-6-8(11)14-13-7/h6H,4-5H2,1-3H3,(H,12,15)(H3,11,13,14). The van der Waals surface area contributed by atoms with Crippen LogP contribution in [0.5, 0.6) is 0 Å². The number of nitrogens with zero attached hydrogens (tertiary/aromatic N) is 1. The van der Waals surface area contributed by atoms with Crippen molar-refractivity contribution < 1.29 is 4.79 Å². The van der Waals surface area contributed by atoms with E-state index < -0.39 is 0 Å². The molecule has 1 rings (SSSR count). The van der Waals surface area contributed by atoms with Gasteiger partial charge in [0.1, 0.15) is 11.5 Å². The summed E-state index contributed by atoms with van der Waals surface area (Å²) in [5.41, 5.74) is 5.80. The first kappa shape index (κ1) is 12.9. The van der Waals surface area contributed by atoms with Crippen molar-refractivity contribution in [3.8, 4) is 0 Å². The largest absolute Gasteiger partial charge is 0.382 e. The number of carbonyl (C=O) groups excluding carboxylic acids is 1. The van der Waals surface area contributed by atoms with Gasteiger partial charge in [0.25, 0.3) is 5.91 Å². The highest BCUT2D eigenvalue weighted by Crippen LogP contribution is 2.21. The second-order valence-electron chi connectivity index (χ2n) is 4.42. The van der Waals surface area contributed by atoms with Crippen molar-refractivity contribution in [1.82, 2.24) is 15.5 Å². The number of anilines is 1. The van der Waals surface area contributed by atoms with Gasteiger partial charge in [-0.05, 0) is 0 Å². The second kappa shape index (κ2) is 5.25. The predicted molar refractivity (Wildman–Crippen MR) is 67.5 cm³/mol. The third kappa shape index (κ3) is 4.57. The molecule has 1 heterocycles. The molecule has 0 aliphatic carbocycles. The van der Waals surface area contributed by atoms with Gasteiger partial charge >= 0.3 is 0 Å². The zero-order valence-electron chi connectivity index (χ0n) is 9.83. The number of amides is 1. The van der Waals surface area contributed by atoms with Gasteiger partial charge < -0.3 is 11.1 Å². The van der Waals surface area contributed by atoms with Crippen LogP contribution in [0.25, 0.3) is 0 Å². The summed E-state index contributed by atoms with van der Waals surface area (Å²) in [6.45, 7) is 7.08. The summed E-state index contributed by atoms with van der Waals surface area (Å²) in [4.78, 5) is 11.5. The van der Waals surface area contributed by atoms with E-state index in [0.717, 1.165) is 5.75 Å². The molecular formula is C10H18N4OS. The second-order valence-corrected chi connectivity index (χ2v) is 6.34. The smallest absolute Gasteiger partial charge is 0.269 e. The lowest BCUT2D eigenvalue weighted by Crippen LogP contribution is -2.27. The van der Waals surface area contributed by atoms with Gasteiger partial charge in [-0.1, -0.05) is 20.8 Å². The molecule has 0 unspecified atom stereocenters. The van der Waals surface area contributed by atoms with Crippen molar-refractivity contribution in [2.24, 2.45) is 0 Å². The molecule has 1 aromatic rings. The van der Waals surface area contributed by atoms with E-state index in [1.54, 1.807) is 0 Å². The van der Waals surface area contributed by atoms with Crippen LogP contribution >= 0.6 is 11.8 Å². The molecule has 0 bridgehead atoms. The normalized spacial score (nSPS) is 11.4. The first-order valence-corrected chi connectivity index (χ1v) is 6.10. The maximum absolute atomic E-state index is 11.5. The van der Waals surface area contributed by atoms with Gasteiger partial charge in [0.2, 0.25) is 0 Å². The van der Waals surface area contributed by atoms with Crippen molar-refractivity contribution >= 4 is 23.5 Å². The highest BCUT2D eigenvalue weighted by Gasteiger charge is 2.11. The van der Waals surface area contributed by atoms with Gasteiger partial charge in [0.15, 0.2) is 0 Å². The van der Waals surface area contributed by atoms with Gasteiger partial charge in [-0.15, -0.1) is 0 Å². The minimum atomic E-state index is -0.168. The molecular weight excluding hydrogens is 224 g/mol. The van der Waals surface area contributed by atoms with E-state index in [2.05, 4.69) is 36.3 Å². The summed E-state index contributed by atoms with van der Waals surface area (Å²) < 4.78 is 0.225. The Labute approximate surface area is 99.6 Å². The van der Waals surface area contributed by atoms with Crippen LogP contribution in [0.15, 0.2) is 6.07 Å². The molecule has 0 spiro atoms. The van der Waals surface area contributed by atoms with Gasteiger partial charge in [-0.25, -0.2) is 0 Å². The molecule has 0 atom stereocenters. The van der Waals surface area contributed by atoms with Gasteiger partial charge in [-0.3, -0.25) is 9.89 Å². The first-order chi connectivity index (χ1) is 7.38.